The molecule has 2 heterocycles. The maximum atomic E-state index is 13.0. The normalized spacial score (nSPS) is 14.6. The molecule has 4 rings (SSSR count). The number of piperazine rings is 1. The molecule has 1 saturated heterocycles. The minimum absolute atomic E-state index is 0.113. The van der Waals surface area contributed by atoms with Crippen molar-refractivity contribution in [3.05, 3.63) is 76.6 Å². The predicted octanol–water partition coefficient (Wildman–Crippen LogP) is 3.77. The largest absolute Gasteiger partial charge is 0.369 e. The summed E-state index contributed by atoms with van der Waals surface area (Å²) >= 11 is 6.14. The van der Waals surface area contributed by atoms with Gasteiger partial charge in [0.25, 0.3) is 5.91 Å². The first-order chi connectivity index (χ1) is 15.1. The van der Waals surface area contributed by atoms with Crippen LogP contribution >= 0.6 is 11.6 Å². The number of benzene rings is 2. The Hall–Kier alpha value is -2.83. The van der Waals surface area contributed by atoms with Crippen molar-refractivity contribution in [2.24, 2.45) is 0 Å². The van der Waals surface area contributed by atoms with Gasteiger partial charge < -0.3 is 15.1 Å². The fraction of sp³-hybridized carbons (Fsp3) is 0.333. The third-order valence-electron chi connectivity index (χ3n) is 5.78. The van der Waals surface area contributed by atoms with E-state index < -0.39 is 0 Å². The second-order valence-electron chi connectivity index (χ2n) is 7.85. The lowest BCUT2D eigenvalue weighted by Gasteiger charge is -2.35. The number of halogens is 1. The van der Waals surface area contributed by atoms with Gasteiger partial charge >= 0.3 is 0 Å². The molecule has 1 aliphatic rings. The number of amides is 1. The van der Waals surface area contributed by atoms with Crippen molar-refractivity contribution in [1.82, 2.24) is 20.0 Å². The van der Waals surface area contributed by atoms with Crippen LogP contribution in [0.3, 0.4) is 0 Å². The average Bonchev–Trinajstić information content (AvgIpc) is 3.22. The van der Waals surface area contributed by atoms with Crippen LogP contribution in [0.5, 0.6) is 0 Å². The molecular formula is C24H28ClN5O. The van der Waals surface area contributed by atoms with Crippen molar-refractivity contribution >= 4 is 23.2 Å². The first kappa shape index (κ1) is 21.4. The van der Waals surface area contributed by atoms with E-state index in [0.717, 1.165) is 43.1 Å². The maximum absolute atomic E-state index is 13.0. The van der Waals surface area contributed by atoms with Crippen LogP contribution in [0, 0.1) is 0 Å². The first-order valence-corrected chi connectivity index (χ1v) is 11.1. The molecule has 1 N–H and O–H groups in total. The van der Waals surface area contributed by atoms with Crippen LogP contribution in [0.4, 0.5) is 5.69 Å². The number of anilines is 1. The maximum Gasteiger partial charge on any atom is 0.255 e. The van der Waals surface area contributed by atoms with Crippen LogP contribution in [0.25, 0.3) is 5.69 Å². The molecule has 1 aromatic heterocycles. The Morgan fingerprint density at radius 2 is 1.87 bits per heavy atom. The Morgan fingerprint density at radius 1 is 1.10 bits per heavy atom. The van der Waals surface area contributed by atoms with Crippen molar-refractivity contribution in [1.29, 1.82) is 0 Å². The molecule has 0 atom stereocenters. The summed E-state index contributed by atoms with van der Waals surface area (Å²) in [7, 11) is 2.15. The zero-order valence-corrected chi connectivity index (χ0v) is 18.8. The van der Waals surface area contributed by atoms with Crippen LogP contribution in [0.2, 0.25) is 5.02 Å². The Morgan fingerprint density at radius 3 is 2.61 bits per heavy atom. The van der Waals surface area contributed by atoms with E-state index in [1.807, 2.05) is 37.3 Å². The summed E-state index contributed by atoms with van der Waals surface area (Å²) in [5.41, 5.74) is 4.64. The van der Waals surface area contributed by atoms with Gasteiger partial charge in [-0.05, 0) is 43.3 Å². The Labute approximate surface area is 188 Å². The summed E-state index contributed by atoms with van der Waals surface area (Å²) < 4.78 is 1.79. The van der Waals surface area contributed by atoms with Gasteiger partial charge in [-0.3, -0.25) is 4.79 Å². The quantitative estimate of drug-likeness (QED) is 0.637. The number of aromatic nitrogens is 2. The monoisotopic (exact) mass is 437 g/mol. The topological polar surface area (TPSA) is 53.4 Å². The molecule has 3 aromatic rings. The third-order valence-corrected chi connectivity index (χ3v) is 6.01. The summed E-state index contributed by atoms with van der Waals surface area (Å²) in [6.45, 7) is 6.58. The lowest BCUT2D eigenvalue weighted by atomic mass is 10.1. The van der Waals surface area contributed by atoms with E-state index in [1.165, 1.54) is 5.69 Å². The van der Waals surface area contributed by atoms with Crippen molar-refractivity contribution in [3.8, 4) is 5.69 Å². The van der Waals surface area contributed by atoms with Crippen molar-refractivity contribution in [2.75, 3.05) is 38.1 Å². The van der Waals surface area contributed by atoms with Gasteiger partial charge in [0.2, 0.25) is 0 Å². The van der Waals surface area contributed by atoms with E-state index >= 15 is 0 Å². The molecule has 6 nitrogen and oxygen atoms in total. The zero-order valence-electron chi connectivity index (χ0n) is 18.0. The highest BCUT2D eigenvalue weighted by Gasteiger charge is 2.19. The van der Waals surface area contributed by atoms with E-state index in [2.05, 4.69) is 45.5 Å². The summed E-state index contributed by atoms with van der Waals surface area (Å²) in [6, 6.07) is 15.8. The fourth-order valence-electron chi connectivity index (χ4n) is 4.02. The zero-order chi connectivity index (χ0) is 21.8. The number of rotatable bonds is 6. The molecule has 7 heteroatoms. The fourth-order valence-corrected chi connectivity index (χ4v) is 4.21. The van der Waals surface area contributed by atoms with Gasteiger partial charge in [0.15, 0.2) is 0 Å². The van der Waals surface area contributed by atoms with Gasteiger partial charge in [-0.2, -0.15) is 5.10 Å². The van der Waals surface area contributed by atoms with Crippen molar-refractivity contribution in [2.45, 2.75) is 19.9 Å². The molecular weight excluding hydrogens is 410 g/mol. The highest BCUT2D eigenvalue weighted by Crippen LogP contribution is 2.23. The van der Waals surface area contributed by atoms with Gasteiger partial charge in [0.05, 0.1) is 23.1 Å². The molecule has 0 radical (unpaired) electrons. The SMILES string of the molecule is CCc1c(C(=O)NCc2ccccc2N2CCN(C)CC2)cnn1-c1cccc(Cl)c1. The second-order valence-corrected chi connectivity index (χ2v) is 8.29. The molecule has 0 aliphatic carbocycles. The molecule has 2 aromatic carbocycles. The van der Waals surface area contributed by atoms with Crippen LogP contribution in [-0.2, 0) is 13.0 Å². The molecule has 162 valence electrons. The minimum Gasteiger partial charge on any atom is -0.369 e. The van der Waals surface area contributed by atoms with Crippen LogP contribution in [-0.4, -0.2) is 53.8 Å². The summed E-state index contributed by atoms with van der Waals surface area (Å²) in [6.07, 6.45) is 2.33. The molecule has 0 unspecified atom stereocenters. The predicted molar refractivity (Wildman–Crippen MR) is 125 cm³/mol. The van der Waals surface area contributed by atoms with Crippen LogP contribution in [0.1, 0.15) is 28.5 Å². The molecule has 0 saturated carbocycles. The average molecular weight is 438 g/mol. The second kappa shape index (κ2) is 9.54. The van der Waals surface area contributed by atoms with Crippen molar-refractivity contribution < 1.29 is 4.79 Å². The van der Waals surface area contributed by atoms with E-state index in [1.54, 1.807) is 10.9 Å². The molecule has 1 amide bonds. The number of hydrogen-bond donors (Lipinski definition) is 1. The van der Waals surface area contributed by atoms with Crippen LogP contribution < -0.4 is 10.2 Å². The Balaban J connectivity index is 1.50. The van der Waals surface area contributed by atoms with Crippen molar-refractivity contribution in [3.63, 3.8) is 0 Å². The van der Waals surface area contributed by atoms with E-state index in [9.17, 15) is 4.79 Å². The van der Waals surface area contributed by atoms with E-state index in [-0.39, 0.29) is 5.91 Å². The molecule has 1 fully saturated rings. The van der Waals surface area contributed by atoms with Gasteiger partial charge in [0, 0.05) is 43.4 Å². The summed E-state index contributed by atoms with van der Waals surface area (Å²) in [5, 5.41) is 8.20. The number of carbonyl (C=O) groups is 1. The third kappa shape index (κ3) is 4.75. The standard InChI is InChI=1S/C24H28ClN5O/c1-3-22-21(17-27-30(22)20-9-6-8-19(25)15-20)24(31)26-16-18-7-4-5-10-23(18)29-13-11-28(2)12-14-29/h4-10,15,17H,3,11-14,16H2,1-2H3,(H,26,31). The summed E-state index contributed by atoms with van der Waals surface area (Å²) in [5.74, 6) is -0.113. The summed E-state index contributed by atoms with van der Waals surface area (Å²) in [4.78, 5) is 17.8. The smallest absolute Gasteiger partial charge is 0.255 e. The Bertz CT molecular complexity index is 1060. The van der Waals surface area contributed by atoms with Gasteiger partial charge in [-0.15, -0.1) is 0 Å². The van der Waals surface area contributed by atoms with Gasteiger partial charge in [-0.25, -0.2) is 4.68 Å². The van der Waals surface area contributed by atoms with Gasteiger partial charge in [0.1, 0.15) is 0 Å². The number of carbonyl (C=O) groups excluding carboxylic acids is 1. The van der Waals surface area contributed by atoms with E-state index in [0.29, 0.717) is 23.6 Å². The number of hydrogen-bond acceptors (Lipinski definition) is 4. The van der Waals surface area contributed by atoms with Crippen LogP contribution in [0.15, 0.2) is 54.7 Å². The number of likely N-dealkylation sites (N-methyl/N-ethyl adjacent to an activating group) is 1. The number of nitrogens with zero attached hydrogens (tertiary/aromatic N) is 4. The lowest BCUT2D eigenvalue weighted by molar-refractivity contribution is 0.0950. The molecule has 1 aliphatic heterocycles. The number of para-hydroxylation sites is 1. The highest BCUT2D eigenvalue weighted by atomic mass is 35.5. The molecule has 31 heavy (non-hydrogen) atoms. The highest BCUT2D eigenvalue weighted by molar-refractivity contribution is 6.30. The minimum atomic E-state index is -0.113. The first-order valence-electron chi connectivity index (χ1n) is 10.7. The number of nitrogens with one attached hydrogen (secondary N) is 1. The lowest BCUT2D eigenvalue weighted by Crippen LogP contribution is -2.45. The van der Waals surface area contributed by atoms with E-state index in [4.69, 9.17) is 11.6 Å². The van der Waals surface area contributed by atoms with Gasteiger partial charge in [-0.1, -0.05) is 42.8 Å². The Kier molecular flexibility index (Phi) is 6.59. The molecule has 0 bridgehead atoms. The molecule has 0 spiro atoms.